The third-order valence-corrected chi connectivity index (χ3v) is 3.48. The fourth-order valence-corrected chi connectivity index (χ4v) is 2.28. The number of benzene rings is 1. The summed E-state index contributed by atoms with van der Waals surface area (Å²) in [5.74, 6) is -1.87. The minimum atomic E-state index is -3.89. The molecule has 0 saturated carbocycles. The maximum absolute atomic E-state index is 12.9. The van der Waals surface area contributed by atoms with Gasteiger partial charge in [-0.1, -0.05) is 0 Å². The highest BCUT2D eigenvalue weighted by molar-refractivity contribution is 7.89. The van der Waals surface area contributed by atoms with Crippen LogP contribution in [0.4, 0.5) is 8.78 Å². The van der Waals surface area contributed by atoms with Crippen LogP contribution in [0.5, 0.6) is 0 Å². The van der Waals surface area contributed by atoms with E-state index in [9.17, 15) is 17.2 Å². The molecule has 1 aromatic rings. The van der Waals surface area contributed by atoms with E-state index in [1.807, 2.05) is 0 Å². The topological polar surface area (TPSA) is 72.2 Å². The molecule has 0 aromatic heterocycles. The van der Waals surface area contributed by atoms with Crippen LogP contribution < -0.4 is 10.5 Å². The minimum absolute atomic E-state index is 0. The maximum Gasteiger partial charge on any atom is 0.240 e. The van der Waals surface area contributed by atoms with Gasteiger partial charge < -0.3 is 5.73 Å². The van der Waals surface area contributed by atoms with Crippen LogP contribution in [0.25, 0.3) is 0 Å². The minimum Gasteiger partial charge on any atom is -0.328 e. The molecule has 0 spiro atoms. The molecular formula is C10H15ClF2N2O2S. The van der Waals surface area contributed by atoms with Crippen LogP contribution in [0.2, 0.25) is 0 Å². The summed E-state index contributed by atoms with van der Waals surface area (Å²) in [7, 11) is -3.89. The van der Waals surface area contributed by atoms with Gasteiger partial charge in [-0.25, -0.2) is 21.9 Å². The molecule has 3 N–H and O–H groups in total. The summed E-state index contributed by atoms with van der Waals surface area (Å²) in [6.45, 7) is 1.86. The zero-order chi connectivity index (χ0) is 13.1. The van der Waals surface area contributed by atoms with E-state index in [1.54, 1.807) is 6.92 Å². The number of nitrogens with one attached hydrogen (secondary N) is 1. The van der Waals surface area contributed by atoms with Crippen molar-refractivity contribution in [2.24, 2.45) is 5.73 Å². The molecule has 8 heteroatoms. The third kappa shape index (κ3) is 5.26. The van der Waals surface area contributed by atoms with Gasteiger partial charge in [0.05, 0.1) is 4.90 Å². The summed E-state index contributed by atoms with van der Waals surface area (Å²) in [4.78, 5) is -0.431. The lowest BCUT2D eigenvalue weighted by Crippen LogP contribution is -2.29. The molecular weight excluding hydrogens is 286 g/mol. The molecule has 0 fully saturated rings. The summed E-state index contributed by atoms with van der Waals surface area (Å²) in [5, 5.41) is 0. The van der Waals surface area contributed by atoms with E-state index < -0.39 is 26.6 Å². The average molecular weight is 301 g/mol. The smallest absolute Gasteiger partial charge is 0.240 e. The number of hydrogen-bond acceptors (Lipinski definition) is 3. The van der Waals surface area contributed by atoms with Crippen LogP contribution in [-0.2, 0) is 10.0 Å². The van der Waals surface area contributed by atoms with E-state index in [1.165, 1.54) is 0 Å². The molecule has 0 saturated heterocycles. The number of sulfonamides is 1. The molecule has 0 bridgehead atoms. The highest BCUT2D eigenvalue weighted by Gasteiger charge is 2.15. The van der Waals surface area contributed by atoms with Crippen LogP contribution in [0, 0.1) is 11.6 Å². The van der Waals surface area contributed by atoms with Crippen molar-refractivity contribution in [3.63, 3.8) is 0 Å². The lowest BCUT2D eigenvalue weighted by Gasteiger charge is -2.08. The molecule has 0 amide bonds. The first-order valence-corrected chi connectivity index (χ1v) is 6.51. The van der Waals surface area contributed by atoms with E-state index in [0.29, 0.717) is 12.5 Å². The monoisotopic (exact) mass is 300 g/mol. The Hall–Kier alpha value is -0.760. The van der Waals surface area contributed by atoms with Gasteiger partial charge in [-0.05, 0) is 25.5 Å². The molecule has 0 aliphatic heterocycles. The van der Waals surface area contributed by atoms with E-state index >= 15 is 0 Å². The van der Waals surface area contributed by atoms with Gasteiger partial charge in [-0.15, -0.1) is 12.4 Å². The molecule has 1 unspecified atom stereocenters. The third-order valence-electron chi connectivity index (χ3n) is 2.04. The van der Waals surface area contributed by atoms with E-state index in [-0.39, 0.29) is 25.0 Å². The Bertz CT molecular complexity index is 474. The second-order valence-corrected chi connectivity index (χ2v) is 5.54. The average Bonchev–Trinajstić information content (AvgIpc) is 2.14. The molecule has 0 aliphatic rings. The van der Waals surface area contributed by atoms with Crippen molar-refractivity contribution >= 4 is 22.4 Å². The van der Waals surface area contributed by atoms with Gasteiger partial charge in [0.25, 0.3) is 0 Å². The lowest BCUT2D eigenvalue weighted by molar-refractivity contribution is 0.557. The molecule has 0 aliphatic carbocycles. The van der Waals surface area contributed by atoms with Gasteiger partial charge in [0, 0.05) is 18.7 Å². The van der Waals surface area contributed by atoms with Crippen LogP contribution in [0.15, 0.2) is 23.1 Å². The van der Waals surface area contributed by atoms with Gasteiger partial charge >= 0.3 is 0 Å². The summed E-state index contributed by atoms with van der Waals surface area (Å²) >= 11 is 0. The molecule has 0 heterocycles. The number of hydrogen-bond donors (Lipinski definition) is 2. The van der Waals surface area contributed by atoms with Gasteiger partial charge in [-0.2, -0.15) is 0 Å². The van der Waals surface area contributed by atoms with Crippen LogP contribution in [0.3, 0.4) is 0 Å². The zero-order valence-corrected chi connectivity index (χ0v) is 11.3. The summed E-state index contributed by atoms with van der Waals surface area (Å²) in [6.07, 6.45) is 0.441. The second-order valence-electron chi connectivity index (χ2n) is 3.77. The van der Waals surface area contributed by atoms with E-state index in [0.717, 1.165) is 12.1 Å². The van der Waals surface area contributed by atoms with Crippen LogP contribution in [0.1, 0.15) is 13.3 Å². The summed E-state index contributed by atoms with van der Waals surface area (Å²) in [5.41, 5.74) is 5.45. The predicted molar refractivity (Wildman–Crippen MR) is 67.1 cm³/mol. The standard InChI is InChI=1S/C10H14F2N2O2S.ClH/c1-7(13)2-3-14-17(15,16)10-5-8(11)4-9(12)6-10;/h4-7,14H,2-3,13H2,1H3;1H. The molecule has 18 heavy (non-hydrogen) atoms. The number of rotatable bonds is 5. The van der Waals surface area contributed by atoms with Gasteiger partial charge in [0.2, 0.25) is 10.0 Å². The van der Waals surface area contributed by atoms with Crippen molar-refractivity contribution < 1.29 is 17.2 Å². The SMILES string of the molecule is CC(N)CCNS(=O)(=O)c1cc(F)cc(F)c1.Cl. The first-order valence-electron chi connectivity index (χ1n) is 5.02. The summed E-state index contributed by atoms with van der Waals surface area (Å²) in [6, 6.07) is 1.98. The normalized spacial score (nSPS) is 12.9. The number of halogens is 3. The van der Waals surface area contributed by atoms with Crippen LogP contribution >= 0.6 is 12.4 Å². The number of nitrogens with two attached hydrogens (primary N) is 1. The van der Waals surface area contributed by atoms with Crippen molar-refractivity contribution in [1.82, 2.24) is 4.72 Å². The zero-order valence-electron chi connectivity index (χ0n) is 9.69. The first-order chi connectivity index (χ1) is 7.81. The Morgan fingerprint density at radius 1 is 1.28 bits per heavy atom. The highest BCUT2D eigenvalue weighted by Crippen LogP contribution is 2.13. The molecule has 1 aromatic carbocycles. The van der Waals surface area contributed by atoms with Crippen molar-refractivity contribution in [1.29, 1.82) is 0 Å². The fourth-order valence-electron chi connectivity index (χ4n) is 1.19. The highest BCUT2D eigenvalue weighted by atomic mass is 35.5. The molecule has 0 radical (unpaired) electrons. The lowest BCUT2D eigenvalue weighted by atomic mass is 10.3. The Morgan fingerprint density at radius 3 is 2.22 bits per heavy atom. The van der Waals surface area contributed by atoms with Gasteiger partial charge in [-0.3, -0.25) is 0 Å². The fraction of sp³-hybridized carbons (Fsp3) is 0.400. The van der Waals surface area contributed by atoms with Crippen LogP contribution in [-0.4, -0.2) is 21.0 Å². The van der Waals surface area contributed by atoms with Crippen molar-refractivity contribution in [3.8, 4) is 0 Å². The Morgan fingerprint density at radius 2 is 1.78 bits per heavy atom. The molecule has 1 atom stereocenters. The first kappa shape index (κ1) is 17.2. The maximum atomic E-state index is 12.9. The Kier molecular flexibility index (Phi) is 6.69. The largest absolute Gasteiger partial charge is 0.328 e. The molecule has 104 valence electrons. The van der Waals surface area contributed by atoms with Gasteiger partial charge in [0.1, 0.15) is 11.6 Å². The van der Waals surface area contributed by atoms with Crippen molar-refractivity contribution in [2.45, 2.75) is 24.3 Å². The molecule has 1 rings (SSSR count). The van der Waals surface area contributed by atoms with E-state index in [4.69, 9.17) is 5.73 Å². The van der Waals surface area contributed by atoms with Crippen molar-refractivity contribution in [2.75, 3.05) is 6.54 Å². The summed E-state index contributed by atoms with van der Waals surface area (Å²) < 4.78 is 51.2. The Labute approximate surface area is 111 Å². The van der Waals surface area contributed by atoms with Crippen molar-refractivity contribution in [3.05, 3.63) is 29.8 Å². The second kappa shape index (κ2) is 6.98. The predicted octanol–water partition coefficient (Wildman–Crippen LogP) is 1.40. The quantitative estimate of drug-likeness (QED) is 0.863. The Balaban J connectivity index is 0.00000289. The van der Waals surface area contributed by atoms with E-state index in [2.05, 4.69) is 4.72 Å². The van der Waals surface area contributed by atoms with Gasteiger partial charge in [0.15, 0.2) is 0 Å². The molecule has 4 nitrogen and oxygen atoms in total.